The molecule has 1 rings (SSSR count). The first-order chi connectivity index (χ1) is 7.60. The van der Waals surface area contributed by atoms with E-state index >= 15 is 0 Å². The van der Waals surface area contributed by atoms with E-state index in [1.54, 1.807) is 0 Å². The van der Waals surface area contributed by atoms with E-state index in [0.29, 0.717) is 12.1 Å². The normalized spacial score (nSPS) is 22.5. The van der Waals surface area contributed by atoms with Crippen molar-refractivity contribution in [2.24, 2.45) is 0 Å². The number of amides is 1. The highest BCUT2D eigenvalue weighted by Gasteiger charge is 2.29. The van der Waals surface area contributed by atoms with Crippen LogP contribution in [-0.4, -0.2) is 47.4 Å². The number of hydrogen-bond acceptors (Lipinski definition) is 2. The summed E-state index contributed by atoms with van der Waals surface area (Å²) in [6, 6.07) is 1.08. The van der Waals surface area contributed by atoms with Crippen molar-refractivity contribution in [3.05, 3.63) is 12.7 Å². The molecule has 1 saturated heterocycles. The topological polar surface area (TPSA) is 23.6 Å². The van der Waals surface area contributed by atoms with Crippen molar-refractivity contribution < 1.29 is 4.79 Å². The summed E-state index contributed by atoms with van der Waals surface area (Å²) in [6.45, 7) is 12.9. The minimum absolute atomic E-state index is 0.0736. The van der Waals surface area contributed by atoms with Gasteiger partial charge in [-0.1, -0.05) is 19.9 Å². The van der Waals surface area contributed by atoms with Crippen LogP contribution in [0.5, 0.6) is 0 Å². The predicted molar refractivity (Wildman–Crippen MR) is 67.3 cm³/mol. The van der Waals surface area contributed by atoms with Crippen LogP contribution in [0.3, 0.4) is 0 Å². The van der Waals surface area contributed by atoms with E-state index in [9.17, 15) is 4.79 Å². The Balaban J connectivity index is 2.64. The van der Waals surface area contributed by atoms with Gasteiger partial charge in [0.2, 0.25) is 5.91 Å². The first-order valence-corrected chi connectivity index (χ1v) is 6.27. The van der Waals surface area contributed by atoms with Crippen molar-refractivity contribution in [2.75, 3.05) is 19.6 Å². The molecule has 0 aromatic heterocycles. The highest BCUT2D eigenvalue weighted by atomic mass is 16.2. The van der Waals surface area contributed by atoms with Crippen LogP contribution in [0.2, 0.25) is 0 Å². The number of hydrogen-bond donors (Lipinski definition) is 0. The van der Waals surface area contributed by atoms with Crippen LogP contribution >= 0.6 is 0 Å². The molecular weight excluding hydrogens is 200 g/mol. The average molecular weight is 224 g/mol. The maximum absolute atomic E-state index is 11.6. The number of carbonyl (C=O) groups is 1. The predicted octanol–water partition coefficient (Wildman–Crippen LogP) is 1.89. The third kappa shape index (κ3) is 3.08. The first-order valence-electron chi connectivity index (χ1n) is 6.27. The Kier molecular flexibility index (Phi) is 5.00. The number of nitrogens with zero attached hydrogens (tertiary/aromatic N) is 2. The first kappa shape index (κ1) is 13.2. The zero-order chi connectivity index (χ0) is 12.1. The quantitative estimate of drug-likeness (QED) is 0.681. The third-order valence-corrected chi connectivity index (χ3v) is 3.30. The second-order valence-corrected chi connectivity index (χ2v) is 4.76. The molecule has 1 atom stereocenters. The molecule has 0 unspecified atom stereocenters. The van der Waals surface area contributed by atoms with Crippen LogP contribution < -0.4 is 0 Å². The lowest BCUT2D eigenvalue weighted by molar-refractivity contribution is -0.129. The van der Waals surface area contributed by atoms with E-state index in [4.69, 9.17) is 0 Å². The minimum Gasteiger partial charge on any atom is -0.336 e. The molecule has 0 spiro atoms. The van der Waals surface area contributed by atoms with E-state index in [0.717, 1.165) is 19.6 Å². The van der Waals surface area contributed by atoms with Gasteiger partial charge in [-0.15, -0.1) is 0 Å². The lowest BCUT2D eigenvalue weighted by atomic mass is 10.0. The SMILES string of the molecule is C=CC(=O)N1CCN(C(C)C)[C@@H](CCC)C1. The van der Waals surface area contributed by atoms with Gasteiger partial charge < -0.3 is 4.90 Å². The Morgan fingerprint density at radius 3 is 2.69 bits per heavy atom. The largest absolute Gasteiger partial charge is 0.336 e. The molecule has 0 saturated carbocycles. The molecule has 0 radical (unpaired) electrons. The molecule has 1 amide bonds. The van der Waals surface area contributed by atoms with Crippen LogP contribution in [-0.2, 0) is 4.79 Å². The molecule has 1 aliphatic heterocycles. The van der Waals surface area contributed by atoms with Crippen LogP contribution in [0, 0.1) is 0 Å². The Labute approximate surface area is 99.1 Å². The highest BCUT2D eigenvalue weighted by Crippen LogP contribution is 2.17. The van der Waals surface area contributed by atoms with Gasteiger partial charge in [0.05, 0.1) is 0 Å². The third-order valence-electron chi connectivity index (χ3n) is 3.30. The van der Waals surface area contributed by atoms with Crippen LogP contribution in [0.4, 0.5) is 0 Å². The zero-order valence-corrected chi connectivity index (χ0v) is 10.8. The summed E-state index contributed by atoms with van der Waals surface area (Å²) in [5.41, 5.74) is 0. The second-order valence-electron chi connectivity index (χ2n) is 4.76. The molecule has 92 valence electrons. The molecule has 0 N–H and O–H groups in total. The maximum atomic E-state index is 11.6. The van der Waals surface area contributed by atoms with Crippen molar-refractivity contribution in [1.29, 1.82) is 0 Å². The van der Waals surface area contributed by atoms with Gasteiger partial charge in [0.25, 0.3) is 0 Å². The molecule has 0 bridgehead atoms. The summed E-state index contributed by atoms with van der Waals surface area (Å²) in [6.07, 6.45) is 3.76. The number of piperazine rings is 1. The van der Waals surface area contributed by atoms with Crippen molar-refractivity contribution in [2.45, 2.75) is 45.7 Å². The van der Waals surface area contributed by atoms with E-state index < -0.39 is 0 Å². The van der Waals surface area contributed by atoms with Crippen LogP contribution in [0.25, 0.3) is 0 Å². The summed E-state index contributed by atoms with van der Waals surface area (Å²) in [5.74, 6) is 0.0736. The number of rotatable bonds is 4. The summed E-state index contributed by atoms with van der Waals surface area (Å²) in [7, 11) is 0. The Morgan fingerprint density at radius 2 is 2.19 bits per heavy atom. The standard InChI is InChI=1S/C13H24N2O/c1-5-7-12-10-14(13(16)6-2)8-9-15(12)11(3)4/h6,11-12H,2,5,7-10H2,1,3-4H3/t12-/m0/s1. The summed E-state index contributed by atoms with van der Waals surface area (Å²) < 4.78 is 0. The number of carbonyl (C=O) groups excluding carboxylic acids is 1. The Hall–Kier alpha value is -0.830. The average Bonchev–Trinajstić information content (AvgIpc) is 2.28. The molecular formula is C13H24N2O. The smallest absolute Gasteiger partial charge is 0.246 e. The van der Waals surface area contributed by atoms with Gasteiger partial charge in [0, 0.05) is 31.7 Å². The van der Waals surface area contributed by atoms with E-state index in [1.165, 1.54) is 18.9 Å². The van der Waals surface area contributed by atoms with Crippen molar-refractivity contribution >= 4 is 5.91 Å². The van der Waals surface area contributed by atoms with Gasteiger partial charge in [-0.3, -0.25) is 9.69 Å². The highest BCUT2D eigenvalue weighted by molar-refractivity contribution is 5.87. The monoisotopic (exact) mass is 224 g/mol. The van der Waals surface area contributed by atoms with E-state index in [2.05, 4.69) is 32.3 Å². The fraction of sp³-hybridized carbons (Fsp3) is 0.769. The molecule has 3 heteroatoms. The lowest BCUT2D eigenvalue weighted by Crippen LogP contribution is -2.56. The molecule has 1 aliphatic rings. The summed E-state index contributed by atoms with van der Waals surface area (Å²) in [4.78, 5) is 16.0. The fourth-order valence-electron chi connectivity index (χ4n) is 2.47. The maximum Gasteiger partial charge on any atom is 0.246 e. The van der Waals surface area contributed by atoms with Gasteiger partial charge in [-0.2, -0.15) is 0 Å². The lowest BCUT2D eigenvalue weighted by Gasteiger charge is -2.43. The van der Waals surface area contributed by atoms with Gasteiger partial charge in [0.15, 0.2) is 0 Å². The van der Waals surface area contributed by atoms with Gasteiger partial charge in [-0.05, 0) is 26.3 Å². The molecule has 0 aliphatic carbocycles. The van der Waals surface area contributed by atoms with Crippen molar-refractivity contribution in [3.8, 4) is 0 Å². The minimum atomic E-state index is 0.0736. The van der Waals surface area contributed by atoms with Crippen LogP contribution in [0.1, 0.15) is 33.6 Å². The zero-order valence-electron chi connectivity index (χ0n) is 10.8. The van der Waals surface area contributed by atoms with Gasteiger partial charge >= 0.3 is 0 Å². The summed E-state index contributed by atoms with van der Waals surface area (Å²) in [5, 5.41) is 0. The van der Waals surface area contributed by atoms with E-state index in [-0.39, 0.29) is 5.91 Å². The van der Waals surface area contributed by atoms with Crippen molar-refractivity contribution in [1.82, 2.24) is 9.80 Å². The van der Waals surface area contributed by atoms with Crippen molar-refractivity contribution in [3.63, 3.8) is 0 Å². The molecule has 0 aromatic rings. The second kappa shape index (κ2) is 6.04. The Bertz CT molecular complexity index is 250. The van der Waals surface area contributed by atoms with Gasteiger partial charge in [-0.25, -0.2) is 0 Å². The van der Waals surface area contributed by atoms with E-state index in [1.807, 2.05) is 4.90 Å². The molecule has 0 aromatic carbocycles. The molecule has 1 fully saturated rings. The summed E-state index contributed by atoms with van der Waals surface area (Å²) >= 11 is 0. The van der Waals surface area contributed by atoms with Gasteiger partial charge in [0.1, 0.15) is 0 Å². The molecule has 3 nitrogen and oxygen atoms in total. The van der Waals surface area contributed by atoms with Crippen LogP contribution in [0.15, 0.2) is 12.7 Å². The Morgan fingerprint density at radius 1 is 1.50 bits per heavy atom. The molecule has 16 heavy (non-hydrogen) atoms. The fourth-order valence-corrected chi connectivity index (χ4v) is 2.47. The molecule has 1 heterocycles.